The molecule has 3 rings (SSSR count). The van der Waals surface area contributed by atoms with Crippen LogP contribution in [0.5, 0.6) is 0 Å². The molecule has 2 aromatic rings. The zero-order chi connectivity index (χ0) is 15.9. The van der Waals surface area contributed by atoms with Crippen LogP contribution in [0, 0.1) is 0 Å². The van der Waals surface area contributed by atoms with Crippen LogP contribution in [0.4, 0.5) is 0 Å². The van der Waals surface area contributed by atoms with Crippen molar-refractivity contribution >= 4 is 29.1 Å². The van der Waals surface area contributed by atoms with E-state index in [0.717, 1.165) is 9.91 Å². The van der Waals surface area contributed by atoms with Crippen molar-refractivity contribution < 1.29 is 19.5 Å². The monoisotopic (exact) mass is 322 g/mol. The van der Waals surface area contributed by atoms with Gasteiger partial charge >= 0.3 is 5.97 Å². The first-order valence-electron chi connectivity index (χ1n) is 6.39. The topological polar surface area (TPSA) is 131 Å². The van der Waals surface area contributed by atoms with Gasteiger partial charge in [-0.25, -0.2) is 0 Å². The molecule has 0 saturated carbocycles. The molecule has 11 heteroatoms. The number of hydrogen-bond acceptors (Lipinski definition) is 8. The second kappa shape index (κ2) is 5.26. The van der Waals surface area contributed by atoms with Gasteiger partial charge in [-0.3, -0.25) is 19.3 Å². The Hall–Kier alpha value is -2.69. The maximum absolute atomic E-state index is 12.3. The number of carboxylic acids is 1. The van der Waals surface area contributed by atoms with Gasteiger partial charge in [0.1, 0.15) is 5.01 Å². The van der Waals surface area contributed by atoms with E-state index in [9.17, 15) is 14.4 Å². The molecule has 1 aliphatic heterocycles. The van der Waals surface area contributed by atoms with Crippen molar-refractivity contribution in [2.75, 3.05) is 6.54 Å². The first-order valence-corrected chi connectivity index (χ1v) is 7.21. The molecule has 22 heavy (non-hydrogen) atoms. The van der Waals surface area contributed by atoms with Crippen LogP contribution in [0.25, 0.3) is 5.13 Å². The van der Waals surface area contributed by atoms with Gasteiger partial charge in [0.05, 0.1) is 6.42 Å². The van der Waals surface area contributed by atoms with E-state index < -0.39 is 17.8 Å². The number of imide groups is 1. The molecule has 114 valence electrons. The average Bonchev–Trinajstić information content (AvgIpc) is 3.16. The highest BCUT2D eigenvalue weighted by molar-refractivity contribution is 7.13. The van der Waals surface area contributed by atoms with Gasteiger partial charge in [-0.05, 0) is 6.42 Å². The summed E-state index contributed by atoms with van der Waals surface area (Å²) in [6, 6.07) is 0. The predicted molar refractivity (Wildman–Crippen MR) is 71.8 cm³/mol. The van der Waals surface area contributed by atoms with Crippen molar-refractivity contribution in [2.24, 2.45) is 0 Å². The molecule has 0 radical (unpaired) electrons. The van der Waals surface area contributed by atoms with Gasteiger partial charge in [0.2, 0.25) is 5.13 Å². The van der Waals surface area contributed by atoms with Gasteiger partial charge in [0.15, 0.2) is 11.4 Å². The van der Waals surface area contributed by atoms with Crippen LogP contribution in [0.15, 0.2) is 0 Å². The van der Waals surface area contributed by atoms with E-state index in [1.165, 1.54) is 16.0 Å². The highest BCUT2D eigenvalue weighted by Gasteiger charge is 2.42. The third-order valence-electron chi connectivity index (χ3n) is 3.05. The number of amides is 2. The summed E-state index contributed by atoms with van der Waals surface area (Å²) in [4.78, 5) is 35.9. The van der Waals surface area contributed by atoms with E-state index in [1.54, 1.807) is 0 Å². The molecule has 0 bridgehead atoms. The minimum Gasteiger partial charge on any atom is -0.481 e. The van der Waals surface area contributed by atoms with Gasteiger partial charge in [0, 0.05) is 6.54 Å². The third-order valence-corrected chi connectivity index (χ3v) is 4.10. The highest BCUT2D eigenvalue weighted by atomic mass is 32.1. The number of rotatable bonds is 5. The van der Waals surface area contributed by atoms with Crippen LogP contribution in [-0.4, -0.2) is 59.5 Å². The molecule has 2 aromatic heterocycles. The highest BCUT2D eigenvalue weighted by Crippen LogP contribution is 2.24. The van der Waals surface area contributed by atoms with Gasteiger partial charge in [-0.1, -0.05) is 23.5 Å². The molecule has 2 amide bonds. The number of nitrogens with zero attached hydrogens (tertiary/aromatic N) is 6. The lowest BCUT2D eigenvalue weighted by molar-refractivity contribution is -0.137. The number of aryl methyl sites for hydroxylation is 1. The Morgan fingerprint density at radius 2 is 2.00 bits per heavy atom. The molecular weight excluding hydrogens is 312 g/mol. The van der Waals surface area contributed by atoms with Crippen molar-refractivity contribution in [3.63, 3.8) is 0 Å². The Labute approximate surface area is 127 Å². The zero-order valence-corrected chi connectivity index (χ0v) is 12.2. The number of carbonyl (C=O) groups excluding carboxylic acids is 2. The quantitative estimate of drug-likeness (QED) is 0.746. The molecule has 1 N–H and O–H groups in total. The van der Waals surface area contributed by atoms with E-state index in [2.05, 4.69) is 20.5 Å². The number of fused-ring (bicyclic) bond motifs is 1. The second-order valence-corrected chi connectivity index (χ2v) is 5.48. The summed E-state index contributed by atoms with van der Waals surface area (Å²) < 4.78 is 1.17. The lowest BCUT2D eigenvalue weighted by Gasteiger charge is -2.11. The number of carbonyl (C=O) groups is 3. The van der Waals surface area contributed by atoms with E-state index in [-0.39, 0.29) is 24.4 Å². The third kappa shape index (κ3) is 2.15. The summed E-state index contributed by atoms with van der Waals surface area (Å²) in [6.45, 7) is 1.71. The minimum atomic E-state index is -1.09. The van der Waals surface area contributed by atoms with E-state index in [1.807, 2.05) is 6.92 Å². The summed E-state index contributed by atoms with van der Waals surface area (Å²) in [5.74, 6) is -2.37. The van der Waals surface area contributed by atoms with E-state index in [0.29, 0.717) is 11.6 Å². The number of aromatic nitrogens is 5. The lowest BCUT2D eigenvalue weighted by Crippen LogP contribution is -2.33. The number of aliphatic carboxylic acids is 1. The Bertz CT molecular complexity index is 781. The van der Waals surface area contributed by atoms with Crippen LogP contribution in [0.2, 0.25) is 0 Å². The summed E-state index contributed by atoms with van der Waals surface area (Å²) in [5, 5.41) is 25.1. The first kappa shape index (κ1) is 14.3. The van der Waals surface area contributed by atoms with E-state index >= 15 is 0 Å². The summed E-state index contributed by atoms with van der Waals surface area (Å²) in [5.41, 5.74) is -0.0992. The fourth-order valence-corrected chi connectivity index (χ4v) is 2.72. The molecule has 0 aromatic carbocycles. The molecule has 0 fully saturated rings. The molecule has 0 saturated heterocycles. The van der Waals surface area contributed by atoms with Crippen LogP contribution < -0.4 is 0 Å². The largest absolute Gasteiger partial charge is 0.481 e. The molecule has 0 aliphatic carbocycles. The fourth-order valence-electron chi connectivity index (χ4n) is 1.98. The van der Waals surface area contributed by atoms with Gasteiger partial charge < -0.3 is 5.11 Å². The van der Waals surface area contributed by atoms with Crippen LogP contribution in [0.3, 0.4) is 0 Å². The molecule has 0 unspecified atom stereocenters. The maximum atomic E-state index is 12.3. The molecule has 10 nitrogen and oxygen atoms in total. The van der Waals surface area contributed by atoms with Crippen molar-refractivity contribution in [3.05, 3.63) is 16.4 Å². The van der Waals surface area contributed by atoms with Crippen LogP contribution in [-0.2, 0) is 11.2 Å². The van der Waals surface area contributed by atoms with Crippen LogP contribution in [0.1, 0.15) is 39.3 Å². The summed E-state index contributed by atoms with van der Waals surface area (Å²) in [7, 11) is 0. The summed E-state index contributed by atoms with van der Waals surface area (Å²) in [6.07, 6.45) is 0.361. The molecule has 0 spiro atoms. The molecule has 1 aliphatic rings. The van der Waals surface area contributed by atoms with Crippen molar-refractivity contribution in [1.82, 2.24) is 30.1 Å². The van der Waals surface area contributed by atoms with E-state index in [4.69, 9.17) is 5.11 Å². The van der Waals surface area contributed by atoms with Gasteiger partial charge in [-0.2, -0.15) is 4.68 Å². The van der Waals surface area contributed by atoms with Gasteiger partial charge in [-0.15, -0.1) is 15.3 Å². The number of hydrogen-bond donors (Lipinski definition) is 1. The number of carboxylic acid groups (broad SMARTS) is 1. The Morgan fingerprint density at radius 3 is 2.64 bits per heavy atom. The average molecular weight is 322 g/mol. The Kier molecular flexibility index (Phi) is 3.41. The normalized spacial score (nSPS) is 13.8. The van der Waals surface area contributed by atoms with Crippen LogP contribution >= 0.6 is 11.3 Å². The summed E-state index contributed by atoms with van der Waals surface area (Å²) >= 11 is 1.24. The van der Waals surface area contributed by atoms with Crippen molar-refractivity contribution in [3.8, 4) is 5.13 Å². The Morgan fingerprint density at radius 1 is 1.23 bits per heavy atom. The fraction of sp³-hybridized carbons (Fsp3) is 0.364. The second-order valence-electron chi connectivity index (χ2n) is 4.44. The smallest absolute Gasteiger partial charge is 0.305 e. The zero-order valence-electron chi connectivity index (χ0n) is 11.4. The Balaban J connectivity index is 1.95. The van der Waals surface area contributed by atoms with Crippen molar-refractivity contribution in [2.45, 2.75) is 19.8 Å². The predicted octanol–water partition coefficient (Wildman–Crippen LogP) is -0.248. The van der Waals surface area contributed by atoms with Crippen molar-refractivity contribution in [1.29, 1.82) is 0 Å². The lowest BCUT2D eigenvalue weighted by atomic mass is 10.4. The minimum absolute atomic E-state index is 0.00538. The SMILES string of the molecule is CCc1nnc(-n2nnc3c2C(=O)N(CCC(=O)O)C3=O)s1. The first-order chi connectivity index (χ1) is 10.5. The molecule has 3 heterocycles. The maximum Gasteiger partial charge on any atom is 0.305 e. The standard InChI is InChI=1S/C11H10N6O4S/c1-2-5-12-14-11(22-5)17-8-7(13-15-17)9(20)16(10(8)21)4-3-6(18)19/h2-4H2,1H3,(H,18,19). The molecular formula is C11H10N6O4S. The van der Waals surface area contributed by atoms with Gasteiger partial charge in [0.25, 0.3) is 11.8 Å². The molecule has 0 atom stereocenters.